The Morgan fingerprint density at radius 1 is 1.21 bits per heavy atom. The van der Waals surface area contributed by atoms with Gasteiger partial charge in [0.05, 0.1) is 4.47 Å². The molecule has 0 unspecified atom stereocenters. The highest BCUT2D eigenvalue weighted by Crippen LogP contribution is 2.33. The predicted molar refractivity (Wildman–Crippen MR) is 84.5 cm³/mol. The average molecular weight is 337 g/mol. The van der Waals surface area contributed by atoms with Crippen molar-refractivity contribution in [1.82, 2.24) is 10.3 Å². The molecule has 2 rings (SSSR count). The van der Waals surface area contributed by atoms with Crippen LogP contribution in [0.25, 0.3) is 0 Å². The first-order valence-electron chi connectivity index (χ1n) is 6.38. The standard InChI is InChI=1S/C15H17BrN2S/c1-2-9-17-11-12-6-3-4-8-14(12)19-15-13(16)7-5-10-18-15/h3-8,10,17H,2,9,11H2,1H3. The van der Waals surface area contributed by atoms with Crippen LogP contribution in [0.3, 0.4) is 0 Å². The Morgan fingerprint density at radius 3 is 2.84 bits per heavy atom. The summed E-state index contributed by atoms with van der Waals surface area (Å²) < 4.78 is 1.04. The first kappa shape index (κ1) is 14.6. The van der Waals surface area contributed by atoms with Crippen LogP contribution in [0, 0.1) is 0 Å². The molecule has 0 aliphatic rings. The van der Waals surface area contributed by atoms with Gasteiger partial charge >= 0.3 is 0 Å². The molecule has 0 saturated heterocycles. The number of rotatable bonds is 6. The lowest BCUT2D eigenvalue weighted by atomic mass is 10.2. The van der Waals surface area contributed by atoms with Crippen LogP contribution in [0.4, 0.5) is 0 Å². The maximum Gasteiger partial charge on any atom is 0.115 e. The molecular weight excluding hydrogens is 320 g/mol. The Kier molecular flexibility index (Phi) is 5.89. The molecule has 0 bridgehead atoms. The highest BCUT2D eigenvalue weighted by molar-refractivity contribution is 9.10. The van der Waals surface area contributed by atoms with E-state index in [2.05, 4.69) is 57.4 Å². The van der Waals surface area contributed by atoms with Gasteiger partial charge < -0.3 is 5.32 Å². The van der Waals surface area contributed by atoms with E-state index in [1.54, 1.807) is 11.8 Å². The third kappa shape index (κ3) is 4.34. The zero-order valence-electron chi connectivity index (χ0n) is 10.9. The third-order valence-electron chi connectivity index (χ3n) is 2.65. The minimum atomic E-state index is 0.904. The average Bonchev–Trinajstić information content (AvgIpc) is 2.43. The van der Waals surface area contributed by atoms with E-state index in [-0.39, 0.29) is 0 Å². The number of nitrogens with one attached hydrogen (secondary N) is 1. The highest BCUT2D eigenvalue weighted by atomic mass is 79.9. The largest absolute Gasteiger partial charge is 0.313 e. The molecule has 1 N–H and O–H groups in total. The molecular formula is C15H17BrN2S. The van der Waals surface area contributed by atoms with Crippen LogP contribution in [-0.4, -0.2) is 11.5 Å². The van der Waals surface area contributed by atoms with Crippen LogP contribution < -0.4 is 5.32 Å². The zero-order valence-corrected chi connectivity index (χ0v) is 13.3. The number of halogens is 1. The van der Waals surface area contributed by atoms with E-state index >= 15 is 0 Å². The van der Waals surface area contributed by atoms with Gasteiger partial charge in [-0.1, -0.05) is 36.9 Å². The smallest absolute Gasteiger partial charge is 0.115 e. The summed E-state index contributed by atoms with van der Waals surface area (Å²) in [6, 6.07) is 12.4. The summed E-state index contributed by atoms with van der Waals surface area (Å²) in [6.45, 7) is 4.13. The van der Waals surface area contributed by atoms with E-state index < -0.39 is 0 Å². The number of aromatic nitrogens is 1. The predicted octanol–water partition coefficient (Wildman–Crippen LogP) is 4.49. The lowest BCUT2D eigenvalue weighted by molar-refractivity contribution is 0.669. The monoisotopic (exact) mass is 336 g/mol. The van der Waals surface area contributed by atoms with Crippen LogP contribution in [0.1, 0.15) is 18.9 Å². The Labute approximate surface area is 127 Å². The minimum absolute atomic E-state index is 0.904. The quantitative estimate of drug-likeness (QED) is 0.786. The molecule has 1 aromatic heterocycles. The van der Waals surface area contributed by atoms with Crippen LogP contribution >= 0.6 is 27.7 Å². The number of hydrogen-bond acceptors (Lipinski definition) is 3. The van der Waals surface area contributed by atoms with Gasteiger partial charge in [-0.15, -0.1) is 0 Å². The molecule has 2 nitrogen and oxygen atoms in total. The number of pyridine rings is 1. The fraction of sp³-hybridized carbons (Fsp3) is 0.267. The van der Waals surface area contributed by atoms with Gasteiger partial charge in [0.2, 0.25) is 0 Å². The van der Waals surface area contributed by atoms with Gasteiger partial charge in [0.15, 0.2) is 0 Å². The van der Waals surface area contributed by atoms with E-state index in [0.717, 1.165) is 29.0 Å². The third-order valence-corrected chi connectivity index (χ3v) is 4.69. The number of nitrogens with zero attached hydrogens (tertiary/aromatic N) is 1. The summed E-state index contributed by atoms with van der Waals surface area (Å²) in [6.07, 6.45) is 2.98. The summed E-state index contributed by atoms with van der Waals surface area (Å²) in [7, 11) is 0. The molecule has 1 heterocycles. The zero-order chi connectivity index (χ0) is 13.5. The molecule has 4 heteroatoms. The number of hydrogen-bond donors (Lipinski definition) is 1. The summed E-state index contributed by atoms with van der Waals surface area (Å²) in [5, 5.41) is 4.45. The molecule has 0 aliphatic carbocycles. The van der Waals surface area contributed by atoms with Gasteiger partial charge in [-0.3, -0.25) is 0 Å². The second-order valence-electron chi connectivity index (χ2n) is 4.18. The molecule has 0 radical (unpaired) electrons. The van der Waals surface area contributed by atoms with Crippen molar-refractivity contribution in [3.63, 3.8) is 0 Å². The van der Waals surface area contributed by atoms with Gasteiger partial charge in [0, 0.05) is 17.6 Å². The highest BCUT2D eigenvalue weighted by Gasteiger charge is 2.07. The minimum Gasteiger partial charge on any atom is -0.313 e. The molecule has 19 heavy (non-hydrogen) atoms. The van der Waals surface area contributed by atoms with Crippen molar-refractivity contribution in [2.45, 2.75) is 29.8 Å². The van der Waals surface area contributed by atoms with Crippen LogP contribution in [0.5, 0.6) is 0 Å². The SMILES string of the molecule is CCCNCc1ccccc1Sc1ncccc1Br. The fourth-order valence-corrected chi connectivity index (χ4v) is 3.10. The van der Waals surface area contributed by atoms with Crippen molar-refractivity contribution in [3.8, 4) is 0 Å². The Morgan fingerprint density at radius 2 is 2.05 bits per heavy atom. The van der Waals surface area contributed by atoms with Gasteiger partial charge in [-0.2, -0.15) is 0 Å². The van der Waals surface area contributed by atoms with E-state index in [4.69, 9.17) is 0 Å². The molecule has 0 spiro atoms. The van der Waals surface area contributed by atoms with Gasteiger partial charge in [0.25, 0.3) is 0 Å². The van der Waals surface area contributed by atoms with Gasteiger partial charge in [-0.05, 0) is 52.7 Å². The second-order valence-corrected chi connectivity index (χ2v) is 6.06. The lowest BCUT2D eigenvalue weighted by Crippen LogP contribution is -2.14. The van der Waals surface area contributed by atoms with Crippen molar-refractivity contribution in [1.29, 1.82) is 0 Å². The van der Waals surface area contributed by atoms with Crippen molar-refractivity contribution in [2.24, 2.45) is 0 Å². The molecule has 1 aromatic carbocycles. The fourth-order valence-electron chi connectivity index (χ4n) is 1.70. The molecule has 0 amide bonds. The topological polar surface area (TPSA) is 24.9 Å². The second kappa shape index (κ2) is 7.68. The van der Waals surface area contributed by atoms with Crippen molar-refractivity contribution in [2.75, 3.05) is 6.54 Å². The maximum atomic E-state index is 4.41. The molecule has 0 fully saturated rings. The summed E-state index contributed by atoms with van der Waals surface area (Å²) in [4.78, 5) is 5.66. The number of benzene rings is 1. The lowest BCUT2D eigenvalue weighted by Gasteiger charge is -2.10. The van der Waals surface area contributed by atoms with E-state index in [9.17, 15) is 0 Å². The molecule has 0 atom stereocenters. The van der Waals surface area contributed by atoms with Crippen LogP contribution in [0.15, 0.2) is 57.0 Å². The Bertz CT molecular complexity index is 531. The van der Waals surface area contributed by atoms with E-state index in [0.29, 0.717) is 0 Å². The van der Waals surface area contributed by atoms with Crippen LogP contribution in [0.2, 0.25) is 0 Å². The van der Waals surface area contributed by atoms with Gasteiger partial charge in [0.1, 0.15) is 5.03 Å². The first-order valence-corrected chi connectivity index (χ1v) is 7.99. The van der Waals surface area contributed by atoms with Crippen molar-refractivity contribution >= 4 is 27.7 Å². The summed E-state index contributed by atoms with van der Waals surface area (Å²) in [5.74, 6) is 0. The summed E-state index contributed by atoms with van der Waals surface area (Å²) >= 11 is 5.24. The molecule has 0 saturated carbocycles. The van der Waals surface area contributed by atoms with Crippen molar-refractivity contribution < 1.29 is 0 Å². The maximum absolute atomic E-state index is 4.41. The Balaban J connectivity index is 2.13. The summed E-state index contributed by atoms with van der Waals surface area (Å²) in [5.41, 5.74) is 1.32. The van der Waals surface area contributed by atoms with Crippen molar-refractivity contribution in [3.05, 3.63) is 52.6 Å². The van der Waals surface area contributed by atoms with E-state index in [1.807, 2.05) is 18.3 Å². The van der Waals surface area contributed by atoms with Gasteiger partial charge in [-0.25, -0.2) is 4.98 Å². The molecule has 0 aliphatic heterocycles. The molecule has 2 aromatic rings. The van der Waals surface area contributed by atoms with E-state index in [1.165, 1.54) is 10.5 Å². The first-order chi connectivity index (χ1) is 9.31. The van der Waals surface area contributed by atoms with Crippen LogP contribution in [-0.2, 0) is 6.54 Å². The Hall–Kier alpha value is -0.840. The normalized spacial score (nSPS) is 10.6. The molecule has 100 valence electrons.